The number of halogens is 1. The molecule has 0 radical (unpaired) electrons. The Bertz CT molecular complexity index is 202. The summed E-state index contributed by atoms with van der Waals surface area (Å²) >= 11 is 0. The van der Waals surface area contributed by atoms with Crippen molar-refractivity contribution in [2.45, 2.75) is 0 Å². The van der Waals surface area contributed by atoms with Gasteiger partial charge < -0.3 is 0 Å². The molecule has 1 heterocycles. The predicted molar refractivity (Wildman–Crippen MR) is 39.3 cm³/mol. The number of aromatic nitrogens is 1. The van der Waals surface area contributed by atoms with Crippen LogP contribution in [0.2, 0.25) is 0 Å². The Morgan fingerprint density at radius 3 is 2.22 bits per heavy atom. The Balaban J connectivity index is 0.000000640. The van der Waals surface area contributed by atoms with Crippen LogP contribution in [-0.2, 0) is 0 Å². The van der Waals surface area contributed by atoms with E-state index < -0.39 is 0 Å². The van der Waals surface area contributed by atoms with Crippen LogP contribution >= 0.6 is 17.0 Å². The van der Waals surface area contributed by atoms with Crippen LogP contribution in [0.4, 0.5) is 0 Å². The van der Waals surface area contributed by atoms with Gasteiger partial charge in [0.2, 0.25) is 0 Å². The van der Waals surface area contributed by atoms with Gasteiger partial charge in [-0.3, -0.25) is 4.98 Å². The van der Waals surface area contributed by atoms with E-state index in [0.29, 0.717) is 5.56 Å². The zero-order valence-electron chi connectivity index (χ0n) is 4.61. The van der Waals surface area contributed by atoms with Crippen LogP contribution in [0.15, 0.2) is 24.5 Å². The molecule has 0 aliphatic rings. The Labute approximate surface area is 63.9 Å². The highest BCUT2D eigenvalue weighted by atomic mass is 79.9. The molecule has 0 amide bonds. The summed E-state index contributed by atoms with van der Waals surface area (Å²) in [6.07, 6.45) is 3.19. The van der Waals surface area contributed by atoms with Gasteiger partial charge in [0.05, 0.1) is 11.6 Å². The van der Waals surface area contributed by atoms with Crippen LogP contribution in [0.1, 0.15) is 5.56 Å². The van der Waals surface area contributed by atoms with E-state index in [1.54, 1.807) is 24.5 Å². The molecule has 0 unspecified atom stereocenters. The van der Waals surface area contributed by atoms with Crippen LogP contribution < -0.4 is 0 Å². The van der Waals surface area contributed by atoms with E-state index in [-0.39, 0.29) is 17.0 Å². The molecule has 3 heteroatoms. The summed E-state index contributed by atoms with van der Waals surface area (Å²) in [6, 6.07) is 5.32. The highest BCUT2D eigenvalue weighted by molar-refractivity contribution is 8.93. The number of hydrogen-bond acceptors (Lipinski definition) is 2. The summed E-state index contributed by atoms with van der Waals surface area (Å²) < 4.78 is 0. The van der Waals surface area contributed by atoms with Gasteiger partial charge in [0, 0.05) is 12.4 Å². The van der Waals surface area contributed by atoms with E-state index in [0.717, 1.165) is 0 Å². The third-order valence-electron chi connectivity index (χ3n) is 0.809. The van der Waals surface area contributed by atoms with Gasteiger partial charge in [-0.15, -0.1) is 17.0 Å². The molecule has 0 saturated heterocycles. The molecule has 0 atom stereocenters. The molecular formula is C6H5BrN2. The molecule has 0 bridgehead atoms. The number of rotatable bonds is 0. The Morgan fingerprint density at radius 1 is 1.33 bits per heavy atom. The van der Waals surface area contributed by atoms with Gasteiger partial charge in [-0.05, 0) is 12.1 Å². The minimum Gasteiger partial charge on any atom is -0.265 e. The average molecular weight is 185 g/mol. The van der Waals surface area contributed by atoms with Crippen molar-refractivity contribution >= 4 is 17.0 Å². The molecule has 1 aromatic rings. The minimum absolute atomic E-state index is 0. The van der Waals surface area contributed by atoms with Crippen LogP contribution in [0.25, 0.3) is 0 Å². The Morgan fingerprint density at radius 2 is 1.89 bits per heavy atom. The van der Waals surface area contributed by atoms with E-state index in [1.807, 2.05) is 6.07 Å². The Kier molecular flexibility index (Phi) is 3.65. The molecule has 1 aromatic heterocycles. The van der Waals surface area contributed by atoms with E-state index in [4.69, 9.17) is 5.26 Å². The van der Waals surface area contributed by atoms with Gasteiger partial charge in [0.15, 0.2) is 0 Å². The standard InChI is InChI=1S/C6H4N2.BrH/c7-5-6-1-3-8-4-2-6;/h1-4H;1H. The predicted octanol–water partition coefficient (Wildman–Crippen LogP) is 1.53. The number of nitrogens with zero attached hydrogens (tertiary/aromatic N) is 2. The number of hydrogen-bond donors (Lipinski definition) is 0. The van der Waals surface area contributed by atoms with E-state index in [2.05, 4.69) is 4.98 Å². The molecule has 0 aliphatic heterocycles. The maximum absolute atomic E-state index is 8.26. The Hall–Kier alpha value is -0.880. The highest BCUT2D eigenvalue weighted by Gasteiger charge is 1.80. The van der Waals surface area contributed by atoms with Crippen molar-refractivity contribution in [2.24, 2.45) is 0 Å². The van der Waals surface area contributed by atoms with Gasteiger partial charge in [0.25, 0.3) is 0 Å². The molecule has 0 aliphatic carbocycles. The van der Waals surface area contributed by atoms with E-state index in [9.17, 15) is 0 Å². The minimum atomic E-state index is 0. The van der Waals surface area contributed by atoms with Crippen LogP contribution in [0.3, 0.4) is 0 Å². The molecule has 0 fully saturated rings. The highest BCUT2D eigenvalue weighted by Crippen LogP contribution is 1.89. The van der Waals surface area contributed by atoms with Crippen molar-refractivity contribution in [1.29, 1.82) is 5.26 Å². The van der Waals surface area contributed by atoms with E-state index >= 15 is 0 Å². The monoisotopic (exact) mass is 184 g/mol. The SMILES string of the molecule is Br.N#Cc1ccncc1. The summed E-state index contributed by atoms with van der Waals surface area (Å²) in [7, 11) is 0. The van der Waals surface area contributed by atoms with Crippen LogP contribution in [-0.4, -0.2) is 4.98 Å². The van der Waals surface area contributed by atoms with Crippen molar-refractivity contribution in [3.8, 4) is 6.07 Å². The third-order valence-corrected chi connectivity index (χ3v) is 0.809. The molecule has 2 nitrogen and oxygen atoms in total. The maximum atomic E-state index is 8.26. The largest absolute Gasteiger partial charge is 0.265 e. The lowest BCUT2D eigenvalue weighted by Gasteiger charge is -1.79. The molecule has 1 rings (SSSR count). The maximum Gasteiger partial charge on any atom is 0.0992 e. The molecular weight excluding hydrogens is 180 g/mol. The van der Waals surface area contributed by atoms with Crippen LogP contribution in [0, 0.1) is 11.3 Å². The first kappa shape index (κ1) is 8.12. The lowest BCUT2D eigenvalue weighted by atomic mass is 10.3. The van der Waals surface area contributed by atoms with Crippen molar-refractivity contribution in [1.82, 2.24) is 4.98 Å². The fraction of sp³-hybridized carbons (Fsp3) is 0. The molecule has 0 spiro atoms. The molecule has 0 saturated carbocycles. The van der Waals surface area contributed by atoms with Gasteiger partial charge in [0.1, 0.15) is 0 Å². The summed E-state index contributed by atoms with van der Waals surface area (Å²) in [5.74, 6) is 0. The third kappa shape index (κ3) is 2.24. The topological polar surface area (TPSA) is 36.7 Å². The molecule has 9 heavy (non-hydrogen) atoms. The first-order valence-corrected chi connectivity index (χ1v) is 2.23. The quantitative estimate of drug-likeness (QED) is 0.614. The second kappa shape index (κ2) is 4.04. The molecule has 0 N–H and O–H groups in total. The van der Waals surface area contributed by atoms with Crippen molar-refractivity contribution in [3.63, 3.8) is 0 Å². The zero-order chi connectivity index (χ0) is 5.82. The smallest absolute Gasteiger partial charge is 0.0992 e. The van der Waals surface area contributed by atoms with E-state index in [1.165, 1.54) is 0 Å². The van der Waals surface area contributed by atoms with Gasteiger partial charge in [-0.2, -0.15) is 5.26 Å². The lowest BCUT2D eigenvalue weighted by molar-refractivity contribution is 1.31. The first-order valence-electron chi connectivity index (χ1n) is 2.23. The number of nitriles is 1. The van der Waals surface area contributed by atoms with Gasteiger partial charge in [-0.25, -0.2) is 0 Å². The fourth-order valence-corrected chi connectivity index (χ4v) is 0.426. The molecule has 0 aromatic carbocycles. The number of pyridine rings is 1. The van der Waals surface area contributed by atoms with Crippen molar-refractivity contribution in [2.75, 3.05) is 0 Å². The normalized spacial score (nSPS) is 7.00. The molecule has 46 valence electrons. The summed E-state index contributed by atoms with van der Waals surface area (Å²) in [4.78, 5) is 3.74. The second-order valence-corrected chi connectivity index (χ2v) is 1.35. The summed E-state index contributed by atoms with van der Waals surface area (Å²) in [5, 5.41) is 8.26. The zero-order valence-corrected chi connectivity index (χ0v) is 6.33. The van der Waals surface area contributed by atoms with Crippen molar-refractivity contribution in [3.05, 3.63) is 30.1 Å². The first-order chi connectivity index (χ1) is 3.93. The summed E-state index contributed by atoms with van der Waals surface area (Å²) in [6.45, 7) is 0. The lowest BCUT2D eigenvalue weighted by Crippen LogP contribution is -1.71. The van der Waals surface area contributed by atoms with Gasteiger partial charge in [-0.1, -0.05) is 0 Å². The van der Waals surface area contributed by atoms with Gasteiger partial charge >= 0.3 is 0 Å². The van der Waals surface area contributed by atoms with Crippen molar-refractivity contribution < 1.29 is 0 Å². The fourth-order valence-electron chi connectivity index (χ4n) is 0.426. The van der Waals surface area contributed by atoms with Crippen LogP contribution in [0.5, 0.6) is 0 Å². The average Bonchev–Trinajstić information content (AvgIpc) is 1.90. The second-order valence-electron chi connectivity index (χ2n) is 1.35. The summed E-state index contributed by atoms with van der Waals surface area (Å²) in [5.41, 5.74) is 0.653.